The Morgan fingerprint density at radius 3 is 2.58 bits per heavy atom. The Labute approximate surface area is 146 Å². The van der Waals surface area contributed by atoms with Crippen LogP contribution in [0.2, 0.25) is 0 Å². The molecule has 1 aliphatic heterocycles. The molecule has 1 fully saturated rings. The van der Waals surface area contributed by atoms with Crippen molar-refractivity contribution in [2.75, 3.05) is 18.5 Å². The largest absolute Gasteiger partial charge is 0.340 e. The van der Waals surface area contributed by atoms with Crippen molar-refractivity contribution in [3.8, 4) is 0 Å². The van der Waals surface area contributed by atoms with Crippen LogP contribution in [0.4, 0.5) is 5.69 Å². The normalized spacial score (nSPS) is 14.2. The standard InChI is InChI=1S/C19H22N2O2S/c1-14-9-11-24-17(14)13-20(2)19(23)12-15-5-7-16(8-6-15)21-10-3-4-18(21)22/h5-9,11H,3-4,10,12-13H2,1-2H3. The number of carbonyl (C=O) groups excluding carboxylic acids is 2. The summed E-state index contributed by atoms with van der Waals surface area (Å²) in [7, 11) is 1.85. The van der Waals surface area contributed by atoms with E-state index in [0.717, 1.165) is 24.2 Å². The Kier molecular flexibility index (Phi) is 5.00. The number of amides is 2. The fourth-order valence-electron chi connectivity index (χ4n) is 2.89. The highest BCUT2D eigenvalue weighted by Gasteiger charge is 2.21. The molecule has 0 atom stereocenters. The van der Waals surface area contributed by atoms with Gasteiger partial charge in [0.15, 0.2) is 0 Å². The number of carbonyl (C=O) groups is 2. The van der Waals surface area contributed by atoms with E-state index in [1.807, 2.05) is 36.2 Å². The van der Waals surface area contributed by atoms with Crippen molar-refractivity contribution in [3.63, 3.8) is 0 Å². The van der Waals surface area contributed by atoms with Crippen LogP contribution >= 0.6 is 11.3 Å². The molecule has 0 saturated carbocycles. The average Bonchev–Trinajstić information content (AvgIpc) is 3.17. The monoisotopic (exact) mass is 342 g/mol. The van der Waals surface area contributed by atoms with Gasteiger partial charge in [0.05, 0.1) is 13.0 Å². The first-order valence-corrected chi connectivity index (χ1v) is 9.09. The lowest BCUT2D eigenvalue weighted by atomic mass is 10.1. The molecule has 2 aromatic rings. The van der Waals surface area contributed by atoms with Crippen LogP contribution in [0.3, 0.4) is 0 Å². The predicted octanol–water partition coefficient (Wildman–Crippen LogP) is 3.38. The molecule has 3 rings (SSSR count). The Balaban J connectivity index is 1.60. The van der Waals surface area contributed by atoms with Gasteiger partial charge in [-0.3, -0.25) is 9.59 Å². The van der Waals surface area contributed by atoms with Crippen molar-refractivity contribution in [2.45, 2.75) is 32.7 Å². The maximum Gasteiger partial charge on any atom is 0.227 e. The molecule has 5 heteroatoms. The van der Waals surface area contributed by atoms with Gasteiger partial charge >= 0.3 is 0 Å². The van der Waals surface area contributed by atoms with Gasteiger partial charge < -0.3 is 9.80 Å². The molecule has 0 N–H and O–H groups in total. The average molecular weight is 342 g/mol. The molecule has 1 aliphatic rings. The maximum atomic E-state index is 12.4. The van der Waals surface area contributed by atoms with Gasteiger partial charge in [-0.05, 0) is 48.1 Å². The number of hydrogen-bond donors (Lipinski definition) is 0. The highest BCUT2D eigenvalue weighted by atomic mass is 32.1. The quantitative estimate of drug-likeness (QED) is 0.836. The molecule has 1 aromatic carbocycles. The smallest absolute Gasteiger partial charge is 0.227 e. The van der Waals surface area contributed by atoms with Crippen LogP contribution in [-0.2, 0) is 22.6 Å². The zero-order valence-corrected chi connectivity index (χ0v) is 14.9. The molecule has 2 amide bonds. The topological polar surface area (TPSA) is 40.6 Å². The zero-order chi connectivity index (χ0) is 17.1. The molecule has 1 saturated heterocycles. The number of nitrogens with zero attached hydrogens (tertiary/aromatic N) is 2. The first-order chi connectivity index (χ1) is 11.5. The minimum absolute atomic E-state index is 0.104. The molecular weight excluding hydrogens is 320 g/mol. The van der Waals surface area contributed by atoms with Crippen LogP contribution in [-0.4, -0.2) is 30.3 Å². The summed E-state index contributed by atoms with van der Waals surface area (Å²) >= 11 is 1.69. The van der Waals surface area contributed by atoms with Crippen LogP contribution < -0.4 is 4.90 Å². The van der Waals surface area contributed by atoms with E-state index in [2.05, 4.69) is 18.4 Å². The van der Waals surface area contributed by atoms with Crippen molar-refractivity contribution >= 4 is 28.8 Å². The fourth-order valence-corrected chi connectivity index (χ4v) is 3.85. The van der Waals surface area contributed by atoms with Crippen LogP contribution in [0.1, 0.15) is 28.8 Å². The minimum Gasteiger partial charge on any atom is -0.340 e. The number of benzene rings is 1. The predicted molar refractivity (Wildman–Crippen MR) is 97.3 cm³/mol. The van der Waals surface area contributed by atoms with E-state index >= 15 is 0 Å². The van der Waals surface area contributed by atoms with Crippen LogP contribution in [0.25, 0.3) is 0 Å². The van der Waals surface area contributed by atoms with E-state index < -0.39 is 0 Å². The first kappa shape index (κ1) is 16.7. The third kappa shape index (κ3) is 3.67. The summed E-state index contributed by atoms with van der Waals surface area (Å²) in [4.78, 5) is 29.0. The van der Waals surface area contributed by atoms with Gasteiger partial charge in [-0.2, -0.15) is 0 Å². The van der Waals surface area contributed by atoms with E-state index in [9.17, 15) is 9.59 Å². The first-order valence-electron chi connectivity index (χ1n) is 8.21. The lowest BCUT2D eigenvalue weighted by Crippen LogP contribution is -2.27. The van der Waals surface area contributed by atoms with E-state index in [4.69, 9.17) is 0 Å². The van der Waals surface area contributed by atoms with Gasteiger partial charge in [-0.1, -0.05) is 12.1 Å². The van der Waals surface area contributed by atoms with E-state index in [-0.39, 0.29) is 11.8 Å². The number of thiophene rings is 1. The number of aryl methyl sites for hydroxylation is 1. The highest BCUT2D eigenvalue weighted by molar-refractivity contribution is 7.10. The molecule has 4 nitrogen and oxygen atoms in total. The van der Waals surface area contributed by atoms with Crippen LogP contribution in [0.5, 0.6) is 0 Å². The van der Waals surface area contributed by atoms with Crippen molar-refractivity contribution in [1.82, 2.24) is 4.90 Å². The SMILES string of the molecule is Cc1ccsc1CN(C)C(=O)Cc1ccc(N2CCCC2=O)cc1. The van der Waals surface area contributed by atoms with Gasteiger partial charge in [0.2, 0.25) is 11.8 Å². The second-order valence-corrected chi connectivity index (χ2v) is 7.27. The maximum absolute atomic E-state index is 12.4. The summed E-state index contributed by atoms with van der Waals surface area (Å²) in [5.41, 5.74) is 3.14. The highest BCUT2D eigenvalue weighted by Crippen LogP contribution is 2.22. The molecule has 1 aromatic heterocycles. The van der Waals surface area contributed by atoms with Crippen molar-refractivity contribution < 1.29 is 9.59 Å². The Hall–Kier alpha value is -2.14. The third-order valence-corrected chi connectivity index (χ3v) is 5.46. The Morgan fingerprint density at radius 2 is 2.00 bits per heavy atom. The second-order valence-electron chi connectivity index (χ2n) is 6.27. The van der Waals surface area contributed by atoms with Gasteiger partial charge in [-0.25, -0.2) is 0 Å². The number of anilines is 1. The summed E-state index contributed by atoms with van der Waals surface area (Å²) in [6.07, 6.45) is 1.94. The van der Waals surface area contributed by atoms with E-state index in [1.165, 1.54) is 10.4 Å². The van der Waals surface area contributed by atoms with Gasteiger partial charge in [0.1, 0.15) is 0 Å². The zero-order valence-electron chi connectivity index (χ0n) is 14.1. The fraction of sp³-hybridized carbons (Fsp3) is 0.368. The number of likely N-dealkylation sites (N-methyl/N-ethyl adjacent to an activating group) is 1. The van der Waals surface area contributed by atoms with E-state index in [0.29, 0.717) is 19.4 Å². The van der Waals surface area contributed by atoms with Gasteiger partial charge in [0, 0.05) is 30.6 Å². The molecule has 0 unspecified atom stereocenters. The summed E-state index contributed by atoms with van der Waals surface area (Å²) < 4.78 is 0. The van der Waals surface area contributed by atoms with Crippen molar-refractivity contribution in [1.29, 1.82) is 0 Å². The molecule has 2 heterocycles. The lowest BCUT2D eigenvalue weighted by Gasteiger charge is -2.18. The van der Waals surface area contributed by atoms with E-state index in [1.54, 1.807) is 16.2 Å². The molecule has 0 spiro atoms. The molecule has 0 aliphatic carbocycles. The second kappa shape index (κ2) is 7.18. The Bertz CT molecular complexity index is 736. The van der Waals surface area contributed by atoms with Crippen LogP contribution in [0.15, 0.2) is 35.7 Å². The third-order valence-electron chi connectivity index (χ3n) is 4.45. The summed E-state index contributed by atoms with van der Waals surface area (Å²) in [6, 6.07) is 9.85. The Morgan fingerprint density at radius 1 is 1.25 bits per heavy atom. The molecule has 24 heavy (non-hydrogen) atoms. The molecular formula is C19H22N2O2S. The van der Waals surface area contributed by atoms with Crippen LogP contribution in [0, 0.1) is 6.92 Å². The van der Waals surface area contributed by atoms with Crippen molar-refractivity contribution in [2.24, 2.45) is 0 Å². The lowest BCUT2D eigenvalue weighted by molar-refractivity contribution is -0.129. The molecule has 126 valence electrons. The van der Waals surface area contributed by atoms with Gasteiger partial charge in [0.25, 0.3) is 0 Å². The number of rotatable bonds is 5. The summed E-state index contributed by atoms with van der Waals surface area (Å²) in [5.74, 6) is 0.290. The summed E-state index contributed by atoms with van der Waals surface area (Å²) in [6.45, 7) is 3.52. The number of hydrogen-bond acceptors (Lipinski definition) is 3. The minimum atomic E-state index is 0.104. The summed E-state index contributed by atoms with van der Waals surface area (Å²) in [5, 5.41) is 2.06. The molecule has 0 radical (unpaired) electrons. The van der Waals surface area contributed by atoms with Gasteiger partial charge in [-0.15, -0.1) is 11.3 Å². The molecule has 0 bridgehead atoms. The van der Waals surface area contributed by atoms with Crippen molar-refractivity contribution in [3.05, 3.63) is 51.7 Å².